The summed E-state index contributed by atoms with van der Waals surface area (Å²) in [5.74, 6) is -0.760. The molecule has 1 atom stereocenters. The molecule has 2 amide bonds. The Labute approximate surface area is 162 Å². The van der Waals surface area contributed by atoms with Crippen molar-refractivity contribution in [1.29, 1.82) is 0 Å². The van der Waals surface area contributed by atoms with Gasteiger partial charge in [-0.05, 0) is 30.7 Å². The molecular formula is C19H20N2O4S2. The minimum Gasteiger partial charge on any atom is -0.352 e. The number of thioether (sulfide) groups is 1. The zero-order valence-electron chi connectivity index (χ0n) is 14.8. The summed E-state index contributed by atoms with van der Waals surface area (Å²) in [5.41, 5.74) is 1.45. The Morgan fingerprint density at radius 3 is 2.67 bits per heavy atom. The Bertz CT molecular complexity index is 959. The number of hydrogen-bond donors (Lipinski definition) is 2. The third kappa shape index (κ3) is 4.90. The average molecular weight is 405 g/mol. The third-order valence-corrected chi connectivity index (χ3v) is 7.06. The standard InChI is InChI=1S/C19H20N2O4S2/c1-13-19(23)21-16-11-15(7-8-17(16)26-13)27(24,25)10-9-18(22)20-12-14-5-3-2-4-6-14/h2-8,11,13H,9-10,12H2,1H3,(H,20,22)(H,21,23). The summed E-state index contributed by atoms with van der Waals surface area (Å²) in [5, 5.41) is 5.23. The van der Waals surface area contributed by atoms with Gasteiger partial charge < -0.3 is 10.6 Å². The number of amides is 2. The molecule has 2 N–H and O–H groups in total. The summed E-state index contributed by atoms with van der Waals surface area (Å²) < 4.78 is 25.1. The molecule has 0 saturated heterocycles. The number of carbonyl (C=O) groups is 2. The zero-order chi connectivity index (χ0) is 19.4. The van der Waals surface area contributed by atoms with Crippen LogP contribution in [0.25, 0.3) is 0 Å². The zero-order valence-corrected chi connectivity index (χ0v) is 16.4. The molecule has 1 unspecified atom stereocenters. The Balaban J connectivity index is 1.61. The first-order valence-electron chi connectivity index (χ1n) is 8.50. The molecule has 142 valence electrons. The van der Waals surface area contributed by atoms with Crippen LogP contribution in [0.15, 0.2) is 58.3 Å². The first-order chi connectivity index (χ1) is 12.8. The van der Waals surface area contributed by atoms with Gasteiger partial charge in [0.25, 0.3) is 0 Å². The molecule has 1 aliphatic rings. The van der Waals surface area contributed by atoms with Crippen LogP contribution < -0.4 is 10.6 Å². The molecule has 2 aromatic carbocycles. The highest BCUT2D eigenvalue weighted by atomic mass is 32.2. The first kappa shape index (κ1) is 19.4. The van der Waals surface area contributed by atoms with Crippen LogP contribution >= 0.6 is 11.8 Å². The molecule has 0 saturated carbocycles. The van der Waals surface area contributed by atoms with E-state index in [0.29, 0.717) is 12.2 Å². The number of fused-ring (bicyclic) bond motifs is 1. The predicted octanol–water partition coefficient (Wildman–Crippen LogP) is 2.60. The van der Waals surface area contributed by atoms with E-state index < -0.39 is 9.84 Å². The third-order valence-electron chi connectivity index (χ3n) is 4.17. The minimum atomic E-state index is -3.62. The normalized spacial score (nSPS) is 16.3. The average Bonchev–Trinajstić information content (AvgIpc) is 2.66. The summed E-state index contributed by atoms with van der Waals surface area (Å²) in [6.45, 7) is 2.15. The molecule has 0 bridgehead atoms. The van der Waals surface area contributed by atoms with Gasteiger partial charge >= 0.3 is 0 Å². The molecule has 27 heavy (non-hydrogen) atoms. The minimum absolute atomic E-state index is 0.104. The quantitative estimate of drug-likeness (QED) is 0.772. The topological polar surface area (TPSA) is 92.3 Å². The molecule has 1 heterocycles. The van der Waals surface area contributed by atoms with Gasteiger partial charge in [-0.3, -0.25) is 9.59 Å². The molecule has 1 aliphatic heterocycles. The maximum absolute atomic E-state index is 12.5. The van der Waals surface area contributed by atoms with Crippen LogP contribution in [0.4, 0.5) is 5.69 Å². The lowest BCUT2D eigenvalue weighted by molar-refractivity contribution is -0.121. The number of nitrogens with one attached hydrogen (secondary N) is 2. The number of rotatable bonds is 6. The maximum Gasteiger partial charge on any atom is 0.237 e. The molecule has 0 spiro atoms. The van der Waals surface area contributed by atoms with E-state index in [2.05, 4.69) is 10.6 Å². The van der Waals surface area contributed by atoms with Gasteiger partial charge in [0.1, 0.15) is 0 Å². The van der Waals surface area contributed by atoms with Gasteiger partial charge in [0, 0.05) is 17.9 Å². The van der Waals surface area contributed by atoms with E-state index in [9.17, 15) is 18.0 Å². The van der Waals surface area contributed by atoms with Crippen molar-refractivity contribution in [2.75, 3.05) is 11.1 Å². The van der Waals surface area contributed by atoms with Crippen molar-refractivity contribution in [2.24, 2.45) is 0 Å². The van der Waals surface area contributed by atoms with E-state index in [0.717, 1.165) is 10.5 Å². The van der Waals surface area contributed by atoms with Gasteiger partial charge in [-0.1, -0.05) is 30.3 Å². The lowest BCUT2D eigenvalue weighted by Gasteiger charge is -2.21. The molecule has 6 nitrogen and oxygen atoms in total. The highest BCUT2D eigenvalue weighted by molar-refractivity contribution is 8.01. The van der Waals surface area contributed by atoms with E-state index in [4.69, 9.17) is 0 Å². The van der Waals surface area contributed by atoms with Crippen molar-refractivity contribution in [1.82, 2.24) is 5.32 Å². The SMILES string of the molecule is CC1Sc2ccc(S(=O)(=O)CCC(=O)NCc3ccccc3)cc2NC1=O. The number of sulfone groups is 1. The van der Waals surface area contributed by atoms with Crippen LogP contribution in [0.3, 0.4) is 0 Å². The maximum atomic E-state index is 12.5. The smallest absolute Gasteiger partial charge is 0.237 e. The van der Waals surface area contributed by atoms with Crippen LogP contribution in [-0.2, 0) is 26.0 Å². The molecular weight excluding hydrogens is 384 g/mol. The second kappa shape index (κ2) is 8.14. The Morgan fingerprint density at radius 2 is 1.93 bits per heavy atom. The Kier molecular flexibility index (Phi) is 5.86. The van der Waals surface area contributed by atoms with Crippen LogP contribution in [0.1, 0.15) is 18.9 Å². The van der Waals surface area contributed by atoms with Gasteiger partial charge in [-0.25, -0.2) is 8.42 Å². The molecule has 0 aliphatic carbocycles. The predicted molar refractivity (Wildman–Crippen MR) is 105 cm³/mol. The number of carbonyl (C=O) groups excluding carboxylic acids is 2. The second-order valence-electron chi connectivity index (χ2n) is 6.24. The highest BCUT2D eigenvalue weighted by Crippen LogP contribution is 2.36. The van der Waals surface area contributed by atoms with Crippen molar-refractivity contribution in [3.05, 3.63) is 54.1 Å². The fourth-order valence-electron chi connectivity index (χ4n) is 2.61. The van der Waals surface area contributed by atoms with E-state index in [1.54, 1.807) is 13.0 Å². The lowest BCUT2D eigenvalue weighted by Crippen LogP contribution is -2.27. The van der Waals surface area contributed by atoms with Crippen LogP contribution in [-0.4, -0.2) is 31.2 Å². The van der Waals surface area contributed by atoms with Gasteiger partial charge in [0.2, 0.25) is 11.8 Å². The van der Waals surface area contributed by atoms with E-state index in [1.165, 1.54) is 23.9 Å². The molecule has 3 rings (SSSR count). The van der Waals surface area contributed by atoms with Crippen molar-refractivity contribution in [2.45, 2.75) is 34.9 Å². The molecule has 8 heteroatoms. The van der Waals surface area contributed by atoms with Crippen LogP contribution in [0.5, 0.6) is 0 Å². The largest absolute Gasteiger partial charge is 0.352 e. The fourth-order valence-corrected chi connectivity index (χ4v) is 4.80. The van der Waals surface area contributed by atoms with Crippen LogP contribution in [0, 0.1) is 0 Å². The summed E-state index contributed by atoms with van der Waals surface area (Å²) in [6, 6.07) is 14.1. The van der Waals surface area contributed by atoms with Crippen molar-refractivity contribution >= 4 is 39.1 Å². The molecule has 0 aromatic heterocycles. The second-order valence-corrected chi connectivity index (χ2v) is 9.73. The summed E-state index contributed by atoms with van der Waals surface area (Å²) in [4.78, 5) is 24.7. The number of benzene rings is 2. The van der Waals surface area contributed by atoms with Gasteiger partial charge in [-0.15, -0.1) is 11.8 Å². The van der Waals surface area contributed by atoms with E-state index in [-0.39, 0.29) is 34.1 Å². The summed E-state index contributed by atoms with van der Waals surface area (Å²) in [6.07, 6.45) is -0.121. The van der Waals surface area contributed by atoms with Gasteiger partial charge in [0.05, 0.1) is 21.6 Å². The van der Waals surface area contributed by atoms with Crippen molar-refractivity contribution < 1.29 is 18.0 Å². The van der Waals surface area contributed by atoms with Gasteiger partial charge in [-0.2, -0.15) is 0 Å². The first-order valence-corrected chi connectivity index (χ1v) is 11.0. The Hall–Kier alpha value is -2.32. The number of hydrogen-bond acceptors (Lipinski definition) is 5. The van der Waals surface area contributed by atoms with Gasteiger partial charge in [0.15, 0.2) is 9.84 Å². The van der Waals surface area contributed by atoms with Crippen molar-refractivity contribution in [3.63, 3.8) is 0 Å². The number of anilines is 1. The van der Waals surface area contributed by atoms with E-state index in [1.807, 2.05) is 30.3 Å². The Morgan fingerprint density at radius 1 is 1.19 bits per heavy atom. The molecule has 0 radical (unpaired) electrons. The van der Waals surface area contributed by atoms with Crippen LogP contribution in [0.2, 0.25) is 0 Å². The monoisotopic (exact) mass is 404 g/mol. The fraction of sp³-hybridized carbons (Fsp3) is 0.263. The molecule has 2 aromatic rings. The van der Waals surface area contributed by atoms with Crippen molar-refractivity contribution in [3.8, 4) is 0 Å². The van der Waals surface area contributed by atoms with E-state index >= 15 is 0 Å². The molecule has 0 fully saturated rings. The summed E-state index contributed by atoms with van der Waals surface area (Å²) >= 11 is 1.39. The lowest BCUT2D eigenvalue weighted by atomic mass is 10.2. The highest BCUT2D eigenvalue weighted by Gasteiger charge is 2.25. The summed E-state index contributed by atoms with van der Waals surface area (Å²) in [7, 11) is -3.62.